The molecule has 1 heterocycles. The van der Waals surface area contributed by atoms with Crippen molar-refractivity contribution in [3.8, 4) is 0 Å². The third-order valence-corrected chi connectivity index (χ3v) is 1.45. The highest BCUT2D eigenvalue weighted by Gasteiger charge is 2.25. The highest BCUT2D eigenvalue weighted by Crippen LogP contribution is 2.10. The van der Waals surface area contributed by atoms with E-state index < -0.39 is 0 Å². The van der Waals surface area contributed by atoms with Crippen molar-refractivity contribution >= 4 is 5.97 Å². The largest absolute Gasteiger partial charge is 0.443 e. The van der Waals surface area contributed by atoms with Crippen molar-refractivity contribution in [2.75, 3.05) is 13.1 Å². The number of carbonyl (C=O) groups excluding carboxylic acids is 1. The van der Waals surface area contributed by atoms with Gasteiger partial charge < -0.3 is 4.74 Å². The van der Waals surface area contributed by atoms with Gasteiger partial charge >= 0.3 is 5.97 Å². The van der Waals surface area contributed by atoms with E-state index in [9.17, 15) is 4.79 Å². The van der Waals surface area contributed by atoms with Gasteiger partial charge in [0.05, 0.1) is 0 Å². The minimum Gasteiger partial charge on any atom is -0.443 e. The molecule has 0 aromatic rings. The first-order valence-electron chi connectivity index (χ1n) is 3.31. The molecular formula is C7H11NO2. The van der Waals surface area contributed by atoms with Crippen LogP contribution in [0.2, 0.25) is 0 Å². The number of hydrogen-bond acceptors (Lipinski definition) is 3. The van der Waals surface area contributed by atoms with Crippen molar-refractivity contribution in [2.45, 2.75) is 13.2 Å². The fourth-order valence-corrected chi connectivity index (χ4v) is 0.712. The lowest BCUT2D eigenvalue weighted by molar-refractivity contribution is -0.146. The lowest BCUT2D eigenvalue weighted by atomic mass is 10.6. The molecule has 56 valence electrons. The molecule has 0 aromatic heterocycles. The van der Waals surface area contributed by atoms with Crippen molar-refractivity contribution < 1.29 is 9.53 Å². The molecule has 3 heteroatoms. The zero-order valence-electron chi connectivity index (χ0n) is 6.04. The van der Waals surface area contributed by atoms with Crippen molar-refractivity contribution in [3.63, 3.8) is 0 Å². The van der Waals surface area contributed by atoms with Crippen LogP contribution in [0.4, 0.5) is 0 Å². The van der Waals surface area contributed by atoms with Gasteiger partial charge in [-0.05, 0) is 6.92 Å². The lowest BCUT2D eigenvalue weighted by Crippen LogP contribution is -2.21. The maximum atomic E-state index is 10.6. The van der Waals surface area contributed by atoms with Gasteiger partial charge in [0.2, 0.25) is 0 Å². The van der Waals surface area contributed by atoms with E-state index in [0.29, 0.717) is 0 Å². The summed E-state index contributed by atoms with van der Waals surface area (Å²) in [5.41, 5.74) is 0. The minimum absolute atomic E-state index is 0.0782. The smallest absolute Gasteiger partial charge is 0.331 e. The Morgan fingerprint density at radius 2 is 2.40 bits per heavy atom. The van der Waals surface area contributed by atoms with Crippen LogP contribution in [0.1, 0.15) is 6.92 Å². The molecule has 0 aliphatic carbocycles. The first-order valence-corrected chi connectivity index (χ1v) is 3.31. The maximum Gasteiger partial charge on any atom is 0.331 e. The Labute approximate surface area is 60.3 Å². The molecule has 1 saturated heterocycles. The molecule has 0 N–H and O–H groups in total. The van der Waals surface area contributed by atoms with Crippen LogP contribution < -0.4 is 0 Å². The van der Waals surface area contributed by atoms with Crippen molar-refractivity contribution in [1.29, 1.82) is 0 Å². The van der Waals surface area contributed by atoms with E-state index in [4.69, 9.17) is 4.74 Å². The highest BCUT2D eigenvalue weighted by atomic mass is 16.6. The molecule has 1 unspecified atom stereocenters. The summed E-state index contributed by atoms with van der Waals surface area (Å²) in [4.78, 5) is 12.6. The number of rotatable bonds is 3. The second-order valence-electron chi connectivity index (χ2n) is 2.28. The molecule has 1 rings (SSSR count). The number of ether oxygens (including phenoxy) is 1. The molecular weight excluding hydrogens is 130 g/mol. The van der Waals surface area contributed by atoms with Crippen LogP contribution in [0.15, 0.2) is 12.7 Å². The third kappa shape index (κ3) is 1.84. The second-order valence-corrected chi connectivity index (χ2v) is 2.28. The SMILES string of the molecule is C=CC(=O)OC(C)N1CC1. The number of esters is 1. The molecule has 0 aromatic carbocycles. The summed E-state index contributed by atoms with van der Waals surface area (Å²) in [6.07, 6.45) is 1.10. The Balaban J connectivity index is 2.22. The summed E-state index contributed by atoms with van der Waals surface area (Å²) < 4.78 is 4.89. The average Bonchev–Trinajstić information content (AvgIpc) is 2.68. The number of hydrogen-bond donors (Lipinski definition) is 0. The first kappa shape index (κ1) is 7.28. The summed E-state index contributed by atoms with van der Waals surface area (Å²) in [5, 5.41) is 0. The normalized spacial score (nSPS) is 19.7. The monoisotopic (exact) mass is 141 g/mol. The Bertz CT molecular complexity index is 152. The fraction of sp³-hybridized carbons (Fsp3) is 0.571. The van der Waals surface area contributed by atoms with Crippen LogP contribution in [0.3, 0.4) is 0 Å². The Kier molecular flexibility index (Phi) is 2.06. The topological polar surface area (TPSA) is 29.3 Å². The summed E-state index contributed by atoms with van der Waals surface area (Å²) in [5.74, 6) is -0.348. The second kappa shape index (κ2) is 2.84. The van der Waals surface area contributed by atoms with E-state index >= 15 is 0 Å². The maximum absolute atomic E-state index is 10.6. The number of carbonyl (C=O) groups is 1. The predicted molar refractivity (Wildman–Crippen MR) is 37.3 cm³/mol. The molecule has 1 aliphatic rings. The highest BCUT2D eigenvalue weighted by molar-refractivity contribution is 5.81. The molecule has 0 saturated carbocycles. The fourth-order valence-electron chi connectivity index (χ4n) is 0.712. The van der Waals surface area contributed by atoms with Gasteiger partial charge in [0.1, 0.15) is 0 Å². The quantitative estimate of drug-likeness (QED) is 0.323. The molecule has 1 fully saturated rings. The van der Waals surface area contributed by atoms with Crippen molar-refractivity contribution in [1.82, 2.24) is 4.90 Å². The first-order chi connectivity index (χ1) is 4.74. The van der Waals surface area contributed by atoms with Gasteiger partial charge in [-0.2, -0.15) is 0 Å². The molecule has 1 atom stereocenters. The lowest BCUT2D eigenvalue weighted by Gasteiger charge is -2.11. The van der Waals surface area contributed by atoms with Crippen LogP contribution >= 0.6 is 0 Å². The molecule has 3 nitrogen and oxygen atoms in total. The van der Waals surface area contributed by atoms with Crippen molar-refractivity contribution in [3.05, 3.63) is 12.7 Å². The molecule has 1 aliphatic heterocycles. The average molecular weight is 141 g/mol. The molecule has 0 amide bonds. The summed E-state index contributed by atoms with van der Waals surface area (Å²) in [6, 6.07) is 0. The Morgan fingerprint density at radius 1 is 1.80 bits per heavy atom. The van der Waals surface area contributed by atoms with Gasteiger partial charge in [-0.25, -0.2) is 4.79 Å². The van der Waals surface area contributed by atoms with Gasteiger partial charge in [0, 0.05) is 19.2 Å². The van der Waals surface area contributed by atoms with Gasteiger partial charge in [-0.15, -0.1) is 0 Å². The molecule has 10 heavy (non-hydrogen) atoms. The Morgan fingerprint density at radius 3 is 2.80 bits per heavy atom. The van der Waals surface area contributed by atoms with Crippen LogP contribution in [-0.4, -0.2) is 30.2 Å². The van der Waals surface area contributed by atoms with E-state index in [-0.39, 0.29) is 12.2 Å². The van der Waals surface area contributed by atoms with Crippen LogP contribution in [-0.2, 0) is 9.53 Å². The zero-order valence-corrected chi connectivity index (χ0v) is 6.04. The molecule has 0 radical (unpaired) electrons. The van der Waals surface area contributed by atoms with E-state index in [2.05, 4.69) is 6.58 Å². The molecule has 0 bridgehead atoms. The summed E-state index contributed by atoms with van der Waals surface area (Å²) in [7, 11) is 0. The van der Waals surface area contributed by atoms with E-state index in [0.717, 1.165) is 13.1 Å². The number of nitrogens with zero attached hydrogens (tertiary/aromatic N) is 1. The van der Waals surface area contributed by atoms with Crippen molar-refractivity contribution in [2.24, 2.45) is 0 Å². The van der Waals surface area contributed by atoms with E-state index in [1.165, 1.54) is 6.08 Å². The van der Waals surface area contributed by atoms with Gasteiger partial charge in [-0.1, -0.05) is 6.58 Å². The summed E-state index contributed by atoms with van der Waals surface area (Å²) >= 11 is 0. The van der Waals surface area contributed by atoms with E-state index in [1.54, 1.807) is 0 Å². The van der Waals surface area contributed by atoms with Crippen LogP contribution in [0.25, 0.3) is 0 Å². The van der Waals surface area contributed by atoms with E-state index in [1.807, 2.05) is 11.8 Å². The minimum atomic E-state index is -0.348. The standard InChI is InChI=1S/C7H11NO2/c1-3-7(9)10-6(2)8-4-5-8/h3,6H,1,4-5H2,2H3. The predicted octanol–water partition coefficient (Wildman–Crippen LogP) is 0.377. The zero-order chi connectivity index (χ0) is 7.56. The Hall–Kier alpha value is -0.830. The van der Waals surface area contributed by atoms with Crippen LogP contribution in [0, 0.1) is 0 Å². The molecule has 0 spiro atoms. The van der Waals surface area contributed by atoms with Gasteiger partial charge in [0.25, 0.3) is 0 Å². The van der Waals surface area contributed by atoms with Gasteiger partial charge in [0.15, 0.2) is 6.23 Å². The third-order valence-electron chi connectivity index (χ3n) is 1.45. The van der Waals surface area contributed by atoms with Gasteiger partial charge in [-0.3, -0.25) is 4.90 Å². The van der Waals surface area contributed by atoms with Crippen LogP contribution in [0.5, 0.6) is 0 Å². The summed E-state index contributed by atoms with van der Waals surface area (Å²) in [6.45, 7) is 7.22.